The summed E-state index contributed by atoms with van der Waals surface area (Å²) in [6.45, 7) is -0.0943. The van der Waals surface area contributed by atoms with Crippen LogP contribution in [0.2, 0.25) is 0 Å². The van der Waals surface area contributed by atoms with E-state index in [9.17, 15) is 9.59 Å². The number of rotatable bonds is 4. The summed E-state index contributed by atoms with van der Waals surface area (Å²) in [4.78, 5) is 22.6. The minimum atomic E-state index is -0.452. The van der Waals surface area contributed by atoms with Crippen LogP contribution < -0.4 is 5.32 Å². The van der Waals surface area contributed by atoms with Crippen LogP contribution in [0.25, 0.3) is 10.8 Å². The fraction of sp³-hybridized carbons (Fsp3) is 0.200. The zero-order valence-electron chi connectivity index (χ0n) is 10.7. The number of ether oxygens (including phenoxy) is 1. The minimum absolute atomic E-state index is 0.0943. The molecule has 98 valence electrons. The normalized spacial score (nSPS) is 10.2. The van der Waals surface area contributed by atoms with E-state index in [0.29, 0.717) is 0 Å². The van der Waals surface area contributed by atoms with Gasteiger partial charge in [0.2, 0.25) is 5.91 Å². The fourth-order valence-electron chi connectivity index (χ4n) is 1.84. The highest BCUT2D eigenvalue weighted by Gasteiger charge is 2.06. The molecule has 4 nitrogen and oxygen atoms in total. The zero-order chi connectivity index (χ0) is 13.7. The Labute approximate surface area is 111 Å². The molecule has 2 aromatic rings. The second-order valence-electron chi connectivity index (χ2n) is 4.21. The first-order valence-electron chi connectivity index (χ1n) is 6.00. The highest BCUT2D eigenvalue weighted by molar-refractivity contribution is 5.86. The van der Waals surface area contributed by atoms with Crippen molar-refractivity contribution in [3.05, 3.63) is 48.0 Å². The van der Waals surface area contributed by atoms with Crippen molar-refractivity contribution in [1.29, 1.82) is 0 Å². The Bertz CT molecular complexity index is 607. The van der Waals surface area contributed by atoms with Crippen LogP contribution >= 0.6 is 0 Å². The third-order valence-corrected chi connectivity index (χ3v) is 2.84. The third kappa shape index (κ3) is 3.55. The Morgan fingerprint density at radius 1 is 1.11 bits per heavy atom. The fourth-order valence-corrected chi connectivity index (χ4v) is 1.84. The molecule has 2 aromatic carbocycles. The molecule has 4 heteroatoms. The van der Waals surface area contributed by atoms with Crippen LogP contribution in [0, 0.1) is 0 Å². The lowest BCUT2D eigenvalue weighted by atomic mass is 10.1. The number of nitrogens with one attached hydrogen (secondary N) is 1. The minimum Gasteiger partial charge on any atom is -0.468 e. The van der Waals surface area contributed by atoms with Gasteiger partial charge in [-0.05, 0) is 16.3 Å². The Morgan fingerprint density at radius 2 is 1.84 bits per heavy atom. The van der Waals surface area contributed by atoms with E-state index in [4.69, 9.17) is 0 Å². The topological polar surface area (TPSA) is 55.4 Å². The van der Waals surface area contributed by atoms with E-state index in [-0.39, 0.29) is 18.9 Å². The number of benzene rings is 2. The maximum atomic E-state index is 11.7. The molecule has 0 saturated carbocycles. The van der Waals surface area contributed by atoms with E-state index in [1.54, 1.807) is 0 Å². The summed E-state index contributed by atoms with van der Waals surface area (Å²) in [6, 6.07) is 13.8. The predicted octanol–water partition coefficient (Wildman–Crippen LogP) is 1.67. The molecule has 0 heterocycles. The highest BCUT2D eigenvalue weighted by atomic mass is 16.5. The quantitative estimate of drug-likeness (QED) is 0.848. The summed E-state index contributed by atoms with van der Waals surface area (Å²) in [5, 5.41) is 4.75. The summed E-state index contributed by atoms with van der Waals surface area (Å²) in [5.74, 6) is -0.646. The van der Waals surface area contributed by atoms with E-state index in [2.05, 4.69) is 10.1 Å². The molecule has 19 heavy (non-hydrogen) atoms. The average molecular weight is 257 g/mol. The Morgan fingerprint density at radius 3 is 2.58 bits per heavy atom. The molecule has 0 fully saturated rings. The lowest BCUT2D eigenvalue weighted by molar-refractivity contribution is -0.141. The van der Waals surface area contributed by atoms with Crippen molar-refractivity contribution in [3.63, 3.8) is 0 Å². The number of esters is 1. The molecule has 0 saturated heterocycles. The van der Waals surface area contributed by atoms with Gasteiger partial charge in [0, 0.05) is 0 Å². The molecule has 1 N–H and O–H groups in total. The molecule has 0 atom stereocenters. The van der Waals surface area contributed by atoms with E-state index in [1.165, 1.54) is 7.11 Å². The van der Waals surface area contributed by atoms with Crippen LogP contribution in [0.5, 0.6) is 0 Å². The molecular weight excluding hydrogens is 242 g/mol. The Kier molecular flexibility index (Phi) is 4.13. The SMILES string of the molecule is COC(=O)CNC(=O)Cc1ccc2ccccc2c1. The van der Waals surface area contributed by atoms with E-state index in [1.807, 2.05) is 42.5 Å². The third-order valence-electron chi connectivity index (χ3n) is 2.84. The van der Waals surface area contributed by atoms with Gasteiger partial charge in [-0.2, -0.15) is 0 Å². The standard InChI is InChI=1S/C15H15NO3/c1-19-15(18)10-16-14(17)9-11-6-7-12-4-2-3-5-13(12)8-11/h2-8H,9-10H2,1H3,(H,16,17). The van der Waals surface area contributed by atoms with Crippen LogP contribution in [0.15, 0.2) is 42.5 Å². The van der Waals surface area contributed by atoms with Gasteiger partial charge in [0.05, 0.1) is 13.5 Å². The van der Waals surface area contributed by atoms with Gasteiger partial charge < -0.3 is 10.1 Å². The van der Waals surface area contributed by atoms with Crippen molar-refractivity contribution in [2.75, 3.05) is 13.7 Å². The first-order valence-corrected chi connectivity index (χ1v) is 6.00. The maximum absolute atomic E-state index is 11.7. The lowest BCUT2D eigenvalue weighted by Gasteiger charge is -2.05. The van der Waals surface area contributed by atoms with Crippen LogP contribution in [-0.4, -0.2) is 25.5 Å². The molecule has 0 bridgehead atoms. The summed E-state index contributed by atoms with van der Waals surface area (Å²) in [6.07, 6.45) is 0.252. The van der Waals surface area contributed by atoms with Crippen molar-refractivity contribution < 1.29 is 14.3 Å². The number of carbonyl (C=O) groups excluding carboxylic acids is 2. The molecule has 1 amide bonds. The molecule has 0 unspecified atom stereocenters. The smallest absolute Gasteiger partial charge is 0.325 e. The largest absolute Gasteiger partial charge is 0.468 e. The van der Waals surface area contributed by atoms with E-state index in [0.717, 1.165) is 16.3 Å². The van der Waals surface area contributed by atoms with Gasteiger partial charge in [-0.1, -0.05) is 42.5 Å². The highest BCUT2D eigenvalue weighted by Crippen LogP contribution is 2.15. The summed E-state index contributed by atoms with van der Waals surface area (Å²) in [5.41, 5.74) is 0.918. The number of methoxy groups -OCH3 is 1. The molecule has 0 aromatic heterocycles. The van der Waals surface area contributed by atoms with Crippen LogP contribution in [0.1, 0.15) is 5.56 Å². The van der Waals surface area contributed by atoms with Crippen molar-refractivity contribution >= 4 is 22.6 Å². The molecule has 0 aliphatic carbocycles. The number of fused-ring (bicyclic) bond motifs is 1. The number of hydrogen-bond donors (Lipinski definition) is 1. The molecule has 0 radical (unpaired) electrons. The van der Waals surface area contributed by atoms with Gasteiger partial charge in [0.1, 0.15) is 6.54 Å². The van der Waals surface area contributed by atoms with Crippen molar-refractivity contribution in [3.8, 4) is 0 Å². The molecule has 0 aliphatic rings. The predicted molar refractivity (Wildman–Crippen MR) is 72.7 cm³/mol. The van der Waals surface area contributed by atoms with Gasteiger partial charge in [-0.3, -0.25) is 9.59 Å². The van der Waals surface area contributed by atoms with Gasteiger partial charge in [0.15, 0.2) is 0 Å². The second-order valence-corrected chi connectivity index (χ2v) is 4.21. The first kappa shape index (κ1) is 13.1. The van der Waals surface area contributed by atoms with Crippen molar-refractivity contribution in [1.82, 2.24) is 5.32 Å². The van der Waals surface area contributed by atoms with Crippen LogP contribution in [0.3, 0.4) is 0 Å². The molecule has 0 aliphatic heterocycles. The number of hydrogen-bond acceptors (Lipinski definition) is 3. The van der Waals surface area contributed by atoms with Crippen molar-refractivity contribution in [2.45, 2.75) is 6.42 Å². The monoisotopic (exact) mass is 257 g/mol. The second kappa shape index (κ2) is 6.00. The maximum Gasteiger partial charge on any atom is 0.325 e. The van der Waals surface area contributed by atoms with Gasteiger partial charge in [-0.25, -0.2) is 0 Å². The molecular formula is C15H15NO3. The van der Waals surface area contributed by atoms with Gasteiger partial charge in [0.25, 0.3) is 0 Å². The van der Waals surface area contributed by atoms with Crippen LogP contribution in [-0.2, 0) is 20.7 Å². The Balaban J connectivity index is 2.01. The summed E-state index contributed by atoms with van der Waals surface area (Å²) < 4.78 is 4.45. The number of amides is 1. The first-order chi connectivity index (χ1) is 9.19. The van der Waals surface area contributed by atoms with Gasteiger partial charge in [-0.15, -0.1) is 0 Å². The zero-order valence-corrected chi connectivity index (χ0v) is 10.7. The Hall–Kier alpha value is -2.36. The lowest BCUT2D eigenvalue weighted by Crippen LogP contribution is -2.31. The van der Waals surface area contributed by atoms with Gasteiger partial charge >= 0.3 is 5.97 Å². The summed E-state index contributed by atoms with van der Waals surface area (Å²) in [7, 11) is 1.29. The summed E-state index contributed by atoms with van der Waals surface area (Å²) >= 11 is 0. The average Bonchev–Trinajstić information content (AvgIpc) is 2.44. The number of carbonyl (C=O) groups is 2. The van der Waals surface area contributed by atoms with Crippen molar-refractivity contribution in [2.24, 2.45) is 0 Å². The van der Waals surface area contributed by atoms with E-state index < -0.39 is 5.97 Å². The molecule has 2 rings (SSSR count). The van der Waals surface area contributed by atoms with E-state index >= 15 is 0 Å². The van der Waals surface area contributed by atoms with Crippen LogP contribution in [0.4, 0.5) is 0 Å². The molecule has 0 spiro atoms.